The van der Waals surface area contributed by atoms with E-state index in [4.69, 9.17) is 9.47 Å². The number of nitrogens with zero attached hydrogens (tertiary/aromatic N) is 1. The highest BCUT2D eigenvalue weighted by molar-refractivity contribution is 5.35. The molecule has 32 heavy (non-hydrogen) atoms. The molecule has 0 saturated carbocycles. The Morgan fingerprint density at radius 2 is 1.59 bits per heavy atom. The van der Waals surface area contributed by atoms with Crippen LogP contribution in [0.15, 0.2) is 42.5 Å². The highest BCUT2D eigenvalue weighted by atomic mass is 19.4. The topological polar surface area (TPSA) is 41.9 Å². The Morgan fingerprint density at radius 1 is 1.03 bits per heavy atom. The molecule has 0 aliphatic carbocycles. The van der Waals surface area contributed by atoms with Gasteiger partial charge in [0.2, 0.25) is 0 Å². The van der Waals surface area contributed by atoms with E-state index in [0.29, 0.717) is 24.2 Å². The number of hydrogen-bond acceptors (Lipinski definition) is 4. The fourth-order valence-electron chi connectivity index (χ4n) is 3.49. The van der Waals surface area contributed by atoms with E-state index in [0.717, 1.165) is 0 Å². The molecule has 1 N–H and O–H groups in total. The summed E-state index contributed by atoms with van der Waals surface area (Å²) in [4.78, 5) is 1.79. The van der Waals surface area contributed by atoms with E-state index in [2.05, 4.69) is 0 Å². The summed E-state index contributed by atoms with van der Waals surface area (Å²) in [5.74, 6) is -0.484. The lowest BCUT2D eigenvalue weighted by atomic mass is 10.0. The molecule has 0 amide bonds. The molecule has 1 fully saturated rings. The maximum atomic E-state index is 13.3. The number of aliphatic hydroxyl groups is 1. The number of benzene rings is 2. The van der Waals surface area contributed by atoms with Gasteiger partial charge in [-0.3, -0.25) is 4.90 Å². The molecule has 2 aromatic carbocycles. The molecular formula is C21H20F7NO3. The number of alkyl halides is 6. The lowest BCUT2D eigenvalue weighted by molar-refractivity contribution is -0.233. The fraction of sp³-hybridized carbons (Fsp3) is 0.429. The monoisotopic (exact) mass is 467 g/mol. The summed E-state index contributed by atoms with van der Waals surface area (Å²) in [7, 11) is 1.72. The van der Waals surface area contributed by atoms with E-state index >= 15 is 0 Å². The molecule has 0 aromatic heterocycles. The molecule has 1 aliphatic rings. The van der Waals surface area contributed by atoms with Gasteiger partial charge in [-0.15, -0.1) is 0 Å². The van der Waals surface area contributed by atoms with E-state index in [1.807, 2.05) is 0 Å². The molecule has 0 radical (unpaired) electrons. The molecule has 0 spiro atoms. The maximum Gasteiger partial charge on any atom is 0.416 e. The first-order valence-corrected chi connectivity index (χ1v) is 9.53. The SMILES string of the molecule is CN1CCO[C@H](O[C@H](CO)c2cc(C(F)(F)F)cc(C(F)(F)F)c2)[C@@H]1c1ccc(F)cc1. The number of rotatable bonds is 5. The van der Waals surface area contributed by atoms with E-state index < -0.39 is 59.9 Å². The van der Waals surface area contributed by atoms with Crippen LogP contribution in [0.5, 0.6) is 0 Å². The zero-order valence-electron chi connectivity index (χ0n) is 16.8. The van der Waals surface area contributed by atoms with Crippen LogP contribution in [0, 0.1) is 5.82 Å². The van der Waals surface area contributed by atoms with Crippen molar-refractivity contribution in [2.45, 2.75) is 30.8 Å². The van der Waals surface area contributed by atoms with Gasteiger partial charge in [-0.2, -0.15) is 26.3 Å². The van der Waals surface area contributed by atoms with Crippen LogP contribution in [-0.4, -0.2) is 43.1 Å². The predicted molar refractivity (Wildman–Crippen MR) is 98.9 cm³/mol. The van der Waals surface area contributed by atoms with Gasteiger partial charge in [-0.25, -0.2) is 4.39 Å². The van der Waals surface area contributed by atoms with Crippen molar-refractivity contribution in [3.05, 3.63) is 70.5 Å². The molecule has 2 aromatic rings. The first-order valence-electron chi connectivity index (χ1n) is 9.53. The Hall–Kier alpha value is -2.21. The maximum absolute atomic E-state index is 13.3. The largest absolute Gasteiger partial charge is 0.416 e. The lowest BCUT2D eigenvalue weighted by Crippen LogP contribution is -2.45. The Bertz CT molecular complexity index is 883. The predicted octanol–water partition coefficient (Wildman–Crippen LogP) is 4.94. The standard InChI is InChI=1S/C21H20F7NO3/c1-29-6-7-31-19(18(29)12-2-4-16(22)5-3-12)32-17(11-30)13-8-14(20(23,24)25)10-15(9-13)21(26,27)28/h2-5,8-10,17-19,30H,6-7,11H2,1H3/t17-,18+,19-/m1/s1. The first kappa shape index (κ1) is 24.4. The van der Waals surface area contributed by atoms with Gasteiger partial charge >= 0.3 is 12.4 Å². The summed E-state index contributed by atoms with van der Waals surface area (Å²) in [5.41, 5.74) is -2.96. The van der Waals surface area contributed by atoms with E-state index in [1.54, 1.807) is 11.9 Å². The second kappa shape index (κ2) is 9.34. The summed E-state index contributed by atoms with van der Waals surface area (Å²) < 4.78 is 104. The molecule has 0 bridgehead atoms. The fourth-order valence-corrected chi connectivity index (χ4v) is 3.49. The second-order valence-corrected chi connectivity index (χ2v) is 7.36. The van der Waals surface area contributed by atoms with Crippen molar-refractivity contribution in [1.82, 2.24) is 4.90 Å². The third-order valence-corrected chi connectivity index (χ3v) is 5.12. The summed E-state index contributed by atoms with van der Waals surface area (Å²) in [6.07, 6.45) is -12.7. The van der Waals surface area contributed by atoms with Crippen LogP contribution >= 0.6 is 0 Å². The van der Waals surface area contributed by atoms with Crippen LogP contribution in [0.3, 0.4) is 0 Å². The highest BCUT2D eigenvalue weighted by Crippen LogP contribution is 2.39. The van der Waals surface area contributed by atoms with Crippen molar-refractivity contribution in [3.63, 3.8) is 0 Å². The Balaban J connectivity index is 1.96. The lowest BCUT2D eigenvalue weighted by Gasteiger charge is -2.40. The van der Waals surface area contributed by atoms with Gasteiger partial charge in [0.05, 0.1) is 30.4 Å². The Kier molecular flexibility index (Phi) is 7.13. The number of aliphatic hydroxyl groups excluding tert-OH is 1. The smallest absolute Gasteiger partial charge is 0.393 e. The first-order chi connectivity index (χ1) is 14.9. The average Bonchev–Trinajstić information content (AvgIpc) is 2.71. The molecule has 3 rings (SSSR count). The summed E-state index contributed by atoms with van der Waals surface area (Å²) in [6.45, 7) is -0.265. The molecule has 1 heterocycles. The Morgan fingerprint density at radius 3 is 2.09 bits per heavy atom. The molecule has 11 heteroatoms. The average molecular weight is 467 g/mol. The quantitative estimate of drug-likeness (QED) is 0.633. The number of likely N-dealkylation sites (N-methyl/N-ethyl adjacent to an activating group) is 1. The third kappa shape index (κ3) is 5.58. The van der Waals surface area contributed by atoms with Crippen LogP contribution in [0.4, 0.5) is 30.7 Å². The normalized spacial score (nSPS) is 21.5. The minimum atomic E-state index is -5.03. The number of halogens is 7. The molecule has 1 saturated heterocycles. The molecule has 4 nitrogen and oxygen atoms in total. The zero-order chi connectivity index (χ0) is 23.7. The van der Waals surface area contributed by atoms with Gasteiger partial charge in [0.15, 0.2) is 6.29 Å². The van der Waals surface area contributed by atoms with Crippen LogP contribution < -0.4 is 0 Å². The van der Waals surface area contributed by atoms with E-state index in [1.165, 1.54) is 24.3 Å². The van der Waals surface area contributed by atoms with Crippen LogP contribution in [0.25, 0.3) is 0 Å². The number of hydrogen-bond donors (Lipinski definition) is 1. The van der Waals surface area contributed by atoms with Crippen LogP contribution in [0.2, 0.25) is 0 Å². The van der Waals surface area contributed by atoms with Gasteiger partial charge in [0.25, 0.3) is 0 Å². The van der Waals surface area contributed by atoms with Gasteiger partial charge < -0.3 is 14.6 Å². The Labute approximate surface area is 179 Å². The summed E-state index contributed by atoms with van der Waals surface area (Å²) in [5, 5.41) is 9.75. The summed E-state index contributed by atoms with van der Waals surface area (Å²) in [6, 6.07) is 5.76. The van der Waals surface area contributed by atoms with Gasteiger partial charge in [0, 0.05) is 6.54 Å². The van der Waals surface area contributed by atoms with E-state index in [-0.39, 0.29) is 12.7 Å². The van der Waals surface area contributed by atoms with Crippen molar-refractivity contribution >= 4 is 0 Å². The van der Waals surface area contributed by atoms with Crippen molar-refractivity contribution in [2.75, 3.05) is 26.8 Å². The van der Waals surface area contributed by atoms with Crippen LogP contribution in [-0.2, 0) is 21.8 Å². The van der Waals surface area contributed by atoms with Crippen molar-refractivity contribution in [3.8, 4) is 0 Å². The zero-order valence-corrected chi connectivity index (χ0v) is 16.8. The molecule has 176 valence electrons. The van der Waals surface area contributed by atoms with Gasteiger partial charge in [-0.1, -0.05) is 12.1 Å². The van der Waals surface area contributed by atoms with Gasteiger partial charge in [0.1, 0.15) is 11.9 Å². The summed E-state index contributed by atoms with van der Waals surface area (Å²) >= 11 is 0. The van der Waals surface area contributed by atoms with Gasteiger partial charge in [-0.05, 0) is 48.5 Å². The minimum absolute atomic E-state index is 0.00411. The van der Waals surface area contributed by atoms with Crippen molar-refractivity contribution in [2.24, 2.45) is 0 Å². The molecule has 0 unspecified atom stereocenters. The number of ether oxygens (including phenoxy) is 2. The van der Waals surface area contributed by atoms with Crippen molar-refractivity contribution in [1.29, 1.82) is 0 Å². The molecular weight excluding hydrogens is 447 g/mol. The molecule has 1 aliphatic heterocycles. The second-order valence-electron chi connectivity index (χ2n) is 7.36. The highest BCUT2D eigenvalue weighted by Gasteiger charge is 2.39. The third-order valence-electron chi connectivity index (χ3n) is 5.12. The van der Waals surface area contributed by atoms with E-state index in [9.17, 15) is 35.8 Å². The minimum Gasteiger partial charge on any atom is -0.393 e. The number of morpholine rings is 1. The molecule has 3 atom stereocenters. The van der Waals surface area contributed by atoms with Crippen LogP contribution in [0.1, 0.15) is 34.4 Å². The van der Waals surface area contributed by atoms with Crippen molar-refractivity contribution < 1.29 is 45.3 Å².